The lowest BCUT2D eigenvalue weighted by atomic mass is 9.99. The number of nitrogens with one attached hydrogen (secondary N) is 4. The molecule has 2 aromatic rings. The highest BCUT2D eigenvalue weighted by atomic mass is 16.4. The van der Waals surface area contributed by atoms with Crippen molar-refractivity contribution in [3.05, 3.63) is 54.1 Å². The van der Waals surface area contributed by atoms with Gasteiger partial charge in [0.1, 0.15) is 18.1 Å². The Balaban J connectivity index is 2.17. The Hall–Kier alpha value is -3.73. The van der Waals surface area contributed by atoms with Crippen LogP contribution in [0.4, 0.5) is 0 Å². The lowest BCUT2D eigenvalue weighted by Crippen LogP contribution is -2.59. The molecule has 0 aliphatic rings. The van der Waals surface area contributed by atoms with Crippen LogP contribution in [0.25, 0.3) is 0 Å². The zero-order valence-corrected chi connectivity index (χ0v) is 21.7. The second-order valence-electron chi connectivity index (χ2n) is 9.90. The van der Waals surface area contributed by atoms with Crippen molar-refractivity contribution in [2.45, 2.75) is 71.1 Å². The number of H-pyrrole nitrogens is 1. The van der Waals surface area contributed by atoms with Gasteiger partial charge in [-0.1, -0.05) is 58.0 Å². The number of carboxylic acid groups (broad SMARTS) is 1. The predicted molar refractivity (Wildman–Crippen MR) is 138 cm³/mol. The van der Waals surface area contributed by atoms with Crippen LogP contribution in [-0.2, 0) is 32.0 Å². The monoisotopic (exact) mass is 514 g/mol. The molecular weight excluding hydrogens is 476 g/mol. The molecule has 0 aliphatic heterocycles. The second-order valence-corrected chi connectivity index (χ2v) is 9.90. The standard InChI is InChI=1S/C26H38N6O5/c1-15(2)10-21(26(36)37)31-25(35)22(16(3)4)32-24(34)20(11-17-8-6-5-7-9-17)30-23(33)19(27)12-18-13-28-14-29-18/h5-9,13-16,19-22H,10-12,27H2,1-4H3,(H,28,29)(H,30,33)(H,31,35)(H,32,34)(H,36,37). The molecule has 0 spiro atoms. The Labute approximate surface area is 217 Å². The number of nitrogens with two attached hydrogens (primary N) is 1. The number of carbonyl (C=O) groups excluding carboxylic acids is 3. The Bertz CT molecular complexity index is 1030. The van der Waals surface area contributed by atoms with E-state index in [9.17, 15) is 24.3 Å². The first-order valence-corrected chi connectivity index (χ1v) is 12.4. The number of carboxylic acids is 1. The number of amides is 3. The van der Waals surface area contributed by atoms with Crippen molar-refractivity contribution in [2.24, 2.45) is 17.6 Å². The average Bonchev–Trinajstić information content (AvgIpc) is 3.34. The van der Waals surface area contributed by atoms with Crippen molar-refractivity contribution in [3.8, 4) is 0 Å². The van der Waals surface area contributed by atoms with Crippen molar-refractivity contribution >= 4 is 23.7 Å². The summed E-state index contributed by atoms with van der Waals surface area (Å²) in [6.07, 6.45) is 3.68. The van der Waals surface area contributed by atoms with Crippen molar-refractivity contribution in [1.82, 2.24) is 25.9 Å². The number of aliphatic carboxylic acids is 1. The first kappa shape index (κ1) is 29.5. The number of imidazole rings is 1. The lowest BCUT2D eigenvalue weighted by molar-refractivity contribution is -0.143. The summed E-state index contributed by atoms with van der Waals surface area (Å²) in [5.41, 5.74) is 7.54. The van der Waals surface area contributed by atoms with Gasteiger partial charge in [0.05, 0.1) is 12.4 Å². The number of aromatic amines is 1. The molecule has 0 saturated carbocycles. The van der Waals surface area contributed by atoms with Crippen LogP contribution >= 0.6 is 0 Å². The number of rotatable bonds is 14. The Kier molecular flexibility index (Phi) is 11.3. The van der Waals surface area contributed by atoms with Crippen LogP contribution in [-0.4, -0.2) is 62.9 Å². The van der Waals surface area contributed by atoms with Crippen molar-refractivity contribution < 1.29 is 24.3 Å². The molecule has 1 aromatic carbocycles. The van der Waals surface area contributed by atoms with E-state index in [1.165, 1.54) is 6.33 Å². The van der Waals surface area contributed by atoms with Gasteiger partial charge < -0.3 is 31.8 Å². The van der Waals surface area contributed by atoms with Crippen molar-refractivity contribution in [1.29, 1.82) is 0 Å². The van der Waals surface area contributed by atoms with E-state index in [2.05, 4.69) is 25.9 Å². The summed E-state index contributed by atoms with van der Waals surface area (Å²) in [7, 11) is 0. The third kappa shape index (κ3) is 9.68. The molecule has 0 fully saturated rings. The van der Waals surface area contributed by atoms with E-state index >= 15 is 0 Å². The number of carbonyl (C=O) groups is 4. The zero-order valence-electron chi connectivity index (χ0n) is 21.7. The highest BCUT2D eigenvalue weighted by Gasteiger charge is 2.32. The van der Waals surface area contributed by atoms with Gasteiger partial charge in [0, 0.05) is 24.7 Å². The third-order valence-corrected chi connectivity index (χ3v) is 5.82. The molecule has 4 unspecified atom stereocenters. The molecular formula is C26H38N6O5. The highest BCUT2D eigenvalue weighted by Crippen LogP contribution is 2.10. The number of hydrogen-bond acceptors (Lipinski definition) is 6. The first-order valence-electron chi connectivity index (χ1n) is 12.4. The van der Waals surface area contributed by atoms with Gasteiger partial charge in [-0.2, -0.15) is 0 Å². The minimum absolute atomic E-state index is 0.0462. The van der Waals surface area contributed by atoms with Crippen LogP contribution in [0.3, 0.4) is 0 Å². The molecule has 4 atom stereocenters. The van der Waals surface area contributed by atoms with E-state index < -0.39 is 47.9 Å². The van der Waals surface area contributed by atoms with E-state index in [4.69, 9.17) is 5.73 Å². The fourth-order valence-electron chi connectivity index (χ4n) is 3.81. The maximum atomic E-state index is 13.4. The van der Waals surface area contributed by atoms with Gasteiger partial charge in [0.2, 0.25) is 17.7 Å². The summed E-state index contributed by atoms with van der Waals surface area (Å²) in [6, 6.07) is 5.11. The largest absolute Gasteiger partial charge is 0.480 e. The number of aromatic nitrogens is 2. The summed E-state index contributed by atoms with van der Waals surface area (Å²) in [5, 5.41) is 17.5. The summed E-state index contributed by atoms with van der Waals surface area (Å²) in [6.45, 7) is 7.21. The van der Waals surface area contributed by atoms with Gasteiger partial charge in [-0.05, 0) is 23.8 Å². The molecule has 7 N–H and O–H groups in total. The van der Waals surface area contributed by atoms with Gasteiger partial charge in [-0.25, -0.2) is 9.78 Å². The van der Waals surface area contributed by atoms with E-state index in [1.54, 1.807) is 20.0 Å². The van der Waals surface area contributed by atoms with Crippen LogP contribution in [0.1, 0.15) is 45.4 Å². The van der Waals surface area contributed by atoms with Crippen LogP contribution in [0.15, 0.2) is 42.9 Å². The van der Waals surface area contributed by atoms with E-state index in [1.807, 2.05) is 44.2 Å². The number of benzene rings is 1. The maximum Gasteiger partial charge on any atom is 0.326 e. The molecule has 3 amide bonds. The lowest BCUT2D eigenvalue weighted by Gasteiger charge is -2.27. The summed E-state index contributed by atoms with van der Waals surface area (Å²) < 4.78 is 0. The van der Waals surface area contributed by atoms with E-state index in [0.717, 1.165) is 5.56 Å². The number of nitrogens with zero attached hydrogens (tertiary/aromatic N) is 1. The molecule has 0 aliphatic carbocycles. The van der Waals surface area contributed by atoms with Gasteiger partial charge in [-0.3, -0.25) is 14.4 Å². The highest BCUT2D eigenvalue weighted by molar-refractivity contribution is 5.94. The first-order chi connectivity index (χ1) is 17.5. The van der Waals surface area contributed by atoms with Crippen LogP contribution < -0.4 is 21.7 Å². The zero-order chi connectivity index (χ0) is 27.5. The smallest absolute Gasteiger partial charge is 0.326 e. The topological polar surface area (TPSA) is 179 Å². The van der Waals surface area contributed by atoms with E-state index in [-0.39, 0.29) is 31.1 Å². The Morgan fingerprint density at radius 1 is 0.919 bits per heavy atom. The molecule has 37 heavy (non-hydrogen) atoms. The third-order valence-electron chi connectivity index (χ3n) is 5.82. The van der Waals surface area contributed by atoms with Crippen LogP contribution in [0.2, 0.25) is 0 Å². The molecule has 11 nitrogen and oxygen atoms in total. The average molecular weight is 515 g/mol. The Morgan fingerprint density at radius 2 is 1.57 bits per heavy atom. The summed E-state index contributed by atoms with van der Waals surface area (Å²) >= 11 is 0. The quantitative estimate of drug-likeness (QED) is 0.215. The molecule has 0 radical (unpaired) electrons. The molecule has 2 rings (SSSR count). The molecule has 202 valence electrons. The maximum absolute atomic E-state index is 13.4. The SMILES string of the molecule is CC(C)CC(NC(=O)C(NC(=O)C(Cc1ccccc1)NC(=O)C(N)Cc1cnc[nH]1)C(C)C)C(=O)O. The predicted octanol–water partition coefficient (Wildman–Crippen LogP) is 0.763. The summed E-state index contributed by atoms with van der Waals surface area (Å²) in [5.74, 6) is -3.14. The number of hydrogen-bond donors (Lipinski definition) is 6. The fourth-order valence-corrected chi connectivity index (χ4v) is 3.81. The van der Waals surface area contributed by atoms with Gasteiger partial charge in [-0.15, -0.1) is 0 Å². The minimum atomic E-state index is -1.14. The van der Waals surface area contributed by atoms with Gasteiger partial charge in [0.15, 0.2) is 0 Å². The molecule has 1 aromatic heterocycles. The molecule has 0 bridgehead atoms. The molecule has 0 saturated heterocycles. The van der Waals surface area contributed by atoms with Crippen molar-refractivity contribution in [2.75, 3.05) is 0 Å². The molecule has 11 heteroatoms. The van der Waals surface area contributed by atoms with E-state index in [0.29, 0.717) is 5.69 Å². The Morgan fingerprint density at radius 3 is 2.11 bits per heavy atom. The van der Waals surface area contributed by atoms with Crippen LogP contribution in [0, 0.1) is 11.8 Å². The van der Waals surface area contributed by atoms with Crippen molar-refractivity contribution in [3.63, 3.8) is 0 Å². The fraction of sp³-hybridized carbons (Fsp3) is 0.500. The second kappa shape index (κ2) is 14.1. The van der Waals surface area contributed by atoms with Crippen LogP contribution in [0.5, 0.6) is 0 Å². The minimum Gasteiger partial charge on any atom is -0.480 e. The van der Waals surface area contributed by atoms with Gasteiger partial charge in [0.25, 0.3) is 0 Å². The van der Waals surface area contributed by atoms with Gasteiger partial charge >= 0.3 is 5.97 Å². The molecule has 1 heterocycles. The normalized spacial score (nSPS) is 14.5. The summed E-state index contributed by atoms with van der Waals surface area (Å²) in [4.78, 5) is 57.6.